The zero-order valence-electron chi connectivity index (χ0n) is 9.59. The first-order valence-electron chi connectivity index (χ1n) is 5.44. The maximum atomic E-state index is 11.8. The lowest BCUT2D eigenvalue weighted by Crippen LogP contribution is -2.24. The number of aliphatic hydroxyl groups is 1. The van der Waals surface area contributed by atoms with E-state index in [4.69, 9.17) is 9.84 Å². The molecule has 5 heteroatoms. The summed E-state index contributed by atoms with van der Waals surface area (Å²) >= 11 is 0. The van der Waals surface area contributed by atoms with Crippen molar-refractivity contribution < 1.29 is 19.7 Å². The Bertz CT molecular complexity index is 433. The number of rotatable bonds is 3. The fourth-order valence-electron chi connectivity index (χ4n) is 1.98. The van der Waals surface area contributed by atoms with Crippen LogP contribution >= 0.6 is 0 Å². The van der Waals surface area contributed by atoms with Crippen LogP contribution in [0.2, 0.25) is 0 Å². The summed E-state index contributed by atoms with van der Waals surface area (Å²) in [6, 6.07) is 4.74. The van der Waals surface area contributed by atoms with E-state index in [1.807, 2.05) is 0 Å². The van der Waals surface area contributed by atoms with Crippen molar-refractivity contribution >= 4 is 11.6 Å². The summed E-state index contributed by atoms with van der Waals surface area (Å²) < 4.78 is 5.06. The molecule has 1 atom stereocenters. The standard InChI is InChI=1S/C12H15NO4/c1-17-9-2-3-11(15)10(5-9)13-6-8(7-14)4-12(13)16/h2-3,5,8,14-15H,4,6-7H2,1H3. The number of nitrogens with zero attached hydrogens (tertiary/aromatic N) is 1. The smallest absolute Gasteiger partial charge is 0.227 e. The minimum atomic E-state index is -0.0902. The van der Waals surface area contributed by atoms with E-state index in [2.05, 4.69) is 0 Å². The van der Waals surface area contributed by atoms with Crippen LogP contribution in [0.15, 0.2) is 18.2 Å². The van der Waals surface area contributed by atoms with Crippen molar-refractivity contribution in [2.45, 2.75) is 6.42 Å². The number of aliphatic hydroxyl groups excluding tert-OH is 1. The van der Waals surface area contributed by atoms with Gasteiger partial charge in [0, 0.05) is 31.6 Å². The molecular weight excluding hydrogens is 222 g/mol. The number of anilines is 1. The lowest BCUT2D eigenvalue weighted by Gasteiger charge is -2.18. The van der Waals surface area contributed by atoms with E-state index in [9.17, 15) is 9.90 Å². The summed E-state index contributed by atoms with van der Waals surface area (Å²) in [6.07, 6.45) is 0.313. The Hall–Kier alpha value is -1.75. The van der Waals surface area contributed by atoms with Gasteiger partial charge in [-0.15, -0.1) is 0 Å². The highest BCUT2D eigenvalue weighted by Crippen LogP contribution is 2.35. The van der Waals surface area contributed by atoms with Crippen LogP contribution in [-0.2, 0) is 4.79 Å². The highest BCUT2D eigenvalue weighted by molar-refractivity contribution is 5.97. The van der Waals surface area contributed by atoms with E-state index in [1.165, 1.54) is 18.1 Å². The van der Waals surface area contributed by atoms with Crippen molar-refractivity contribution in [3.63, 3.8) is 0 Å². The van der Waals surface area contributed by atoms with E-state index < -0.39 is 0 Å². The predicted octanol–water partition coefficient (Wildman–Crippen LogP) is 0.746. The fourth-order valence-corrected chi connectivity index (χ4v) is 1.98. The SMILES string of the molecule is COc1ccc(O)c(N2CC(CO)CC2=O)c1. The molecule has 0 aliphatic carbocycles. The van der Waals surface area contributed by atoms with E-state index in [0.717, 1.165) is 0 Å². The van der Waals surface area contributed by atoms with Crippen LogP contribution in [0.1, 0.15) is 6.42 Å². The van der Waals surface area contributed by atoms with Crippen LogP contribution < -0.4 is 9.64 Å². The van der Waals surface area contributed by atoms with Gasteiger partial charge in [-0.1, -0.05) is 0 Å². The number of carbonyl (C=O) groups excluding carboxylic acids is 1. The van der Waals surface area contributed by atoms with Crippen molar-refractivity contribution in [2.75, 3.05) is 25.2 Å². The zero-order chi connectivity index (χ0) is 12.4. The zero-order valence-corrected chi connectivity index (χ0v) is 9.59. The molecule has 0 radical (unpaired) electrons. The molecular formula is C12H15NO4. The monoisotopic (exact) mass is 237 g/mol. The van der Waals surface area contributed by atoms with Crippen LogP contribution in [0.4, 0.5) is 5.69 Å². The Morgan fingerprint density at radius 1 is 1.53 bits per heavy atom. The summed E-state index contributed by atoms with van der Waals surface area (Å²) in [7, 11) is 1.53. The minimum absolute atomic E-state index is 0.0209. The van der Waals surface area contributed by atoms with Gasteiger partial charge in [-0.05, 0) is 12.1 Å². The highest BCUT2D eigenvalue weighted by atomic mass is 16.5. The Labute approximate surface area is 99.2 Å². The first-order chi connectivity index (χ1) is 8.15. The average Bonchev–Trinajstić information content (AvgIpc) is 2.71. The van der Waals surface area contributed by atoms with Crippen molar-refractivity contribution in [3.05, 3.63) is 18.2 Å². The molecule has 17 heavy (non-hydrogen) atoms. The van der Waals surface area contributed by atoms with Crippen LogP contribution in [0.25, 0.3) is 0 Å². The van der Waals surface area contributed by atoms with Gasteiger partial charge in [0.2, 0.25) is 5.91 Å². The van der Waals surface area contributed by atoms with Crippen LogP contribution in [0, 0.1) is 5.92 Å². The van der Waals surface area contributed by atoms with Crippen LogP contribution in [0.3, 0.4) is 0 Å². The topological polar surface area (TPSA) is 70.0 Å². The molecule has 2 rings (SSSR count). The molecule has 5 nitrogen and oxygen atoms in total. The second kappa shape index (κ2) is 4.63. The van der Waals surface area contributed by atoms with E-state index in [1.54, 1.807) is 12.1 Å². The molecule has 2 N–H and O–H groups in total. The molecule has 0 saturated carbocycles. The van der Waals surface area contributed by atoms with Gasteiger partial charge in [0.1, 0.15) is 11.5 Å². The second-order valence-electron chi connectivity index (χ2n) is 4.11. The van der Waals surface area contributed by atoms with E-state index in [-0.39, 0.29) is 24.2 Å². The number of benzene rings is 1. The van der Waals surface area contributed by atoms with Crippen molar-refractivity contribution in [3.8, 4) is 11.5 Å². The number of carbonyl (C=O) groups is 1. The summed E-state index contributed by atoms with van der Waals surface area (Å²) in [6.45, 7) is 0.406. The molecule has 92 valence electrons. The lowest BCUT2D eigenvalue weighted by molar-refractivity contribution is -0.117. The fraction of sp³-hybridized carbons (Fsp3) is 0.417. The van der Waals surface area contributed by atoms with E-state index in [0.29, 0.717) is 24.4 Å². The first-order valence-corrected chi connectivity index (χ1v) is 5.44. The van der Waals surface area contributed by atoms with Gasteiger partial charge in [0.15, 0.2) is 0 Å². The predicted molar refractivity (Wildman–Crippen MR) is 62.2 cm³/mol. The van der Waals surface area contributed by atoms with Crippen molar-refractivity contribution in [1.82, 2.24) is 0 Å². The third-order valence-corrected chi connectivity index (χ3v) is 2.94. The number of ether oxygens (including phenoxy) is 1. The van der Waals surface area contributed by atoms with Crippen LogP contribution in [-0.4, -0.2) is 36.4 Å². The number of hydrogen-bond acceptors (Lipinski definition) is 4. The maximum Gasteiger partial charge on any atom is 0.227 e. The van der Waals surface area contributed by atoms with Gasteiger partial charge in [0.05, 0.1) is 12.8 Å². The van der Waals surface area contributed by atoms with Gasteiger partial charge in [-0.3, -0.25) is 4.79 Å². The number of methoxy groups -OCH3 is 1. The molecule has 1 aliphatic heterocycles. The average molecular weight is 237 g/mol. The summed E-state index contributed by atoms with van der Waals surface area (Å²) in [5.41, 5.74) is 0.435. The Balaban J connectivity index is 2.30. The highest BCUT2D eigenvalue weighted by Gasteiger charge is 2.31. The van der Waals surface area contributed by atoms with Gasteiger partial charge in [-0.2, -0.15) is 0 Å². The van der Waals surface area contributed by atoms with Gasteiger partial charge >= 0.3 is 0 Å². The molecule has 0 aromatic heterocycles. The lowest BCUT2D eigenvalue weighted by atomic mass is 10.1. The largest absolute Gasteiger partial charge is 0.506 e. The molecule has 1 heterocycles. The molecule has 0 bridgehead atoms. The molecule has 1 aliphatic rings. The third kappa shape index (κ3) is 2.19. The third-order valence-electron chi connectivity index (χ3n) is 2.94. The number of aromatic hydroxyl groups is 1. The quantitative estimate of drug-likeness (QED) is 0.813. The molecule has 0 spiro atoms. The second-order valence-corrected chi connectivity index (χ2v) is 4.11. The summed E-state index contributed by atoms with van der Waals surface area (Å²) in [4.78, 5) is 13.2. The number of hydrogen-bond donors (Lipinski definition) is 2. The van der Waals surface area contributed by atoms with Gasteiger partial charge in [-0.25, -0.2) is 0 Å². The van der Waals surface area contributed by atoms with Crippen LogP contribution in [0.5, 0.6) is 11.5 Å². The van der Waals surface area contributed by atoms with Gasteiger partial charge in [0.25, 0.3) is 0 Å². The first kappa shape index (κ1) is 11.7. The molecule has 1 aromatic carbocycles. The molecule has 1 amide bonds. The number of amides is 1. The Morgan fingerprint density at radius 2 is 2.29 bits per heavy atom. The number of phenols is 1. The van der Waals surface area contributed by atoms with Gasteiger partial charge < -0.3 is 19.8 Å². The Morgan fingerprint density at radius 3 is 2.88 bits per heavy atom. The summed E-state index contributed by atoms with van der Waals surface area (Å²) in [5.74, 6) is 0.469. The molecule has 1 unspecified atom stereocenters. The van der Waals surface area contributed by atoms with Crippen molar-refractivity contribution in [1.29, 1.82) is 0 Å². The summed E-state index contributed by atoms with van der Waals surface area (Å²) in [5, 5.41) is 18.8. The molecule has 1 aromatic rings. The number of phenolic OH excluding ortho intramolecular Hbond substituents is 1. The maximum absolute atomic E-state index is 11.8. The molecule has 1 saturated heterocycles. The normalized spacial score (nSPS) is 19.8. The minimum Gasteiger partial charge on any atom is -0.506 e. The van der Waals surface area contributed by atoms with E-state index >= 15 is 0 Å². The van der Waals surface area contributed by atoms with Crippen molar-refractivity contribution in [2.24, 2.45) is 5.92 Å². The molecule has 1 fully saturated rings. The Kier molecular flexibility index (Phi) is 3.19.